The predicted molar refractivity (Wildman–Crippen MR) is 128 cm³/mol. The number of aryl methyl sites for hydroxylation is 1. The number of hydrogen-bond donors (Lipinski definition) is 4. The number of Topliss-reactive ketones (excluding diaryl/α,β-unsaturated/α-hetero) is 1. The Morgan fingerprint density at radius 3 is 2.46 bits per heavy atom. The van der Waals surface area contributed by atoms with Crippen LogP contribution in [0.3, 0.4) is 0 Å². The monoisotopic (exact) mass is 541 g/mol. The van der Waals surface area contributed by atoms with Crippen LogP contribution in [0.5, 0.6) is 0 Å². The first kappa shape index (κ1) is 28.0. The van der Waals surface area contributed by atoms with Gasteiger partial charge in [-0.2, -0.15) is 5.53 Å². The Bertz CT molecular complexity index is 1060. The third-order valence-electron chi connectivity index (χ3n) is 4.24. The first-order valence-electron chi connectivity index (χ1n) is 10.00. The minimum Gasteiger partial charge on any atom is -0.481 e. The lowest BCUT2D eigenvalue weighted by Crippen LogP contribution is -2.46. The van der Waals surface area contributed by atoms with Gasteiger partial charge in [0, 0.05) is 18.8 Å². The second-order valence-corrected chi connectivity index (χ2v) is 8.59. The number of ketones is 1. The summed E-state index contributed by atoms with van der Waals surface area (Å²) in [7, 11) is 0. The van der Waals surface area contributed by atoms with Crippen LogP contribution >= 0.6 is 35.0 Å². The zero-order valence-corrected chi connectivity index (χ0v) is 20.4. The standard InChI is InChI=1S/C20H21Cl2N7O5S/c21-12-4-1-5-13(22)18(12)35-19(23)29(28-24)11-15(30)14(10-17(31)32)27-20(33)34-9-2-6-16-25-7-3-8-26-16/h1,3-5,7-8,14,23-24H,2,6,9-11H2,(H,27,33)(H,31,32). The Balaban J connectivity index is 1.93. The molecule has 0 spiro atoms. The molecule has 35 heavy (non-hydrogen) atoms. The van der Waals surface area contributed by atoms with Crippen LogP contribution in [0.25, 0.3) is 0 Å². The average molecular weight is 542 g/mol. The molecule has 1 heterocycles. The zero-order valence-electron chi connectivity index (χ0n) is 18.1. The van der Waals surface area contributed by atoms with Crippen molar-refractivity contribution >= 4 is 58.0 Å². The van der Waals surface area contributed by atoms with Crippen LogP contribution in [0.4, 0.5) is 4.79 Å². The highest BCUT2D eigenvalue weighted by molar-refractivity contribution is 8.13. The molecule has 0 aliphatic carbocycles. The molecule has 0 aliphatic heterocycles. The van der Waals surface area contributed by atoms with Crippen molar-refractivity contribution < 1.29 is 24.2 Å². The van der Waals surface area contributed by atoms with Gasteiger partial charge >= 0.3 is 12.1 Å². The Kier molecular flexibility index (Phi) is 11.3. The van der Waals surface area contributed by atoms with E-state index in [-0.39, 0.29) is 21.8 Å². The molecular weight excluding hydrogens is 521 g/mol. The Morgan fingerprint density at radius 1 is 1.20 bits per heavy atom. The molecule has 0 saturated heterocycles. The van der Waals surface area contributed by atoms with Crippen LogP contribution in [0.2, 0.25) is 10.0 Å². The van der Waals surface area contributed by atoms with Crippen molar-refractivity contribution in [3.05, 3.63) is 52.5 Å². The quantitative estimate of drug-likeness (QED) is 0.0773. The van der Waals surface area contributed by atoms with E-state index in [1.165, 1.54) is 0 Å². The molecule has 1 aromatic heterocycles. The Morgan fingerprint density at radius 2 is 1.86 bits per heavy atom. The first-order valence-corrected chi connectivity index (χ1v) is 11.6. The number of carbonyl (C=O) groups excluding carboxylic acids is 2. The Labute approximate surface area is 214 Å². The number of carboxylic acids is 1. The minimum atomic E-state index is -1.47. The van der Waals surface area contributed by atoms with Crippen molar-refractivity contribution in [3.8, 4) is 0 Å². The molecule has 12 nitrogen and oxygen atoms in total. The molecule has 2 rings (SSSR count). The molecule has 1 amide bonds. The maximum absolute atomic E-state index is 12.7. The zero-order chi connectivity index (χ0) is 25.8. The highest BCUT2D eigenvalue weighted by atomic mass is 35.5. The van der Waals surface area contributed by atoms with E-state index in [1.54, 1.807) is 36.7 Å². The van der Waals surface area contributed by atoms with Crippen LogP contribution in [0.1, 0.15) is 18.7 Å². The third kappa shape index (κ3) is 9.47. The van der Waals surface area contributed by atoms with E-state index in [4.69, 9.17) is 44.0 Å². The lowest BCUT2D eigenvalue weighted by atomic mass is 10.1. The summed E-state index contributed by atoms with van der Waals surface area (Å²) in [6.45, 7) is -0.660. The molecule has 1 atom stereocenters. The number of ether oxygens (including phenoxy) is 1. The van der Waals surface area contributed by atoms with E-state index in [9.17, 15) is 14.4 Å². The molecule has 15 heteroatoms. The van der Waals surface area contributed by atoms with Crippen LogP contribution in [0.15, 0.2) is 46.8 Å². The highest BCUT2D eigenvalue weighted by Gasteiger charge is 2.27. The number of carboxylic acid groups (broad SMARTS) is 1. The fourth-order valence-corrected chi connectivity index (χ4v) is 3.96. The lowest BCUT2D eigenvalue weighted by molar-refractivity contribution is -0.139. The third-order valence-corrected chi connectivity index (χ3v) is 6.14. The van der Waals surface area contributed by atoms with Crippen molar-refractivity contribution in [2.24, 2.45) is 5.22 Å². The summed E-state index contributed by atoms with van der Waals surface area (Å²) < 4.78 is 5.01. The number of amides is 1. The van der Waals surface area contributed by atoms with E-state index < -0.39 is 36.9 Å². The van der Waals surface area contributed by atoms with E-state index in [0.29, 0.717) is 28.6 Å². The lowest BCUT2D eigenvalue weighted by Gasteiger charge is -2.21. The molecule has 186 valence electrons. The number of alkyl carbamates (subject to hydrolysis) is 1. The van der Waals surface area contributed by atoms with E-state index in [1.807, 2.05) is 0 Å². The molecular formula is C20H21Cl2N7O5S. The molecule has 0 aliphatic rings. The predicted octanol–water partition coefficient (Wildman–Crippen LogP) is 3.83. The molecule has 1 unspecified atom stereocenters. The SMILES string of the molecule is N=NN(CC(=O)C(CC(=O)O)NC(=O)OCCCc1ncccn1)C(=N)Sc1c(Cl)cccc1Cl. The van der Waals surface area contributed by atoms with Crippen molar-refractivity contribution in [2.75, 3.05) is 13.2 Å². The summed E-state index contributed by atoms with van der Waals surface area (Å²) in [6, 6.07) is 4.94. The van der Waals surface area contributed by atoms with Gasteiger partial charge in [0.25, 0.3) is 0 Å². The second-order valence-electron chi connectivity index (χ2n) is 6.78. The molecule has 0 fully saturated rings. The van der Waals surface area contributed by atoms with Crippen LogP contribution in [-0.2, 0) is 20.7 Å². The van der Waals surface area contributed by atoms with Crippen LogP contribution in [-0.4, -0.2) is 62.3 Å². The largest absolute Gasteiger partial charge is 0.481 e. The highest BCUT2D eigenvalue weighted by Crippen LogP contribution is 2.35. The number of thioether (sulfide) groups is 1. The molecule has 0 saturated carbocycles. The number of rotatable bonds is 12. The average Bonchev–Trinajstić information content (AvgIpc) is 2.82. The number of nitrogens with zero attached hydrogens (tertiary/aromatic N) is 4. The van der Waals surface area contributed by atoms with E-state index in [2.05, 4.69) is 20.5 Å². The van der Waals surface area contributed by atoms with Crippen LogP contribution in [0, 0.1) is 10.9 Å². The number of aromatic nitrogens is 2. The van der Waals surface area contributed by atoms with Crippen molar-refractivity contribution in [1.82, 2.24) is 20.3 Å². The summed E-state index contributed by atoms with van der Waals surface area (Å²) in [5.74, 6) is -1.56. The van der Waals surface area contributed by atoms with Gasteiger partial charge in [0.2, 0.25) is 0 Å². The van der Waals surface area contributed by atoms with Gasteiger partial charge in [-0.1, -0.05) is 34.5 Å². The molecule has 1 aromatic carbocycles. The number of halogens is 2. The van der Waals surface area contributed by atoms with Gasteiger partial charge in [0.1, 0.15) is 18.4 Å². The van der Waals surface area contributed by atoms with E-state index >= 15 is 0 Å². The molecule has 2 aromatic rings. The van der Waals surface area contributed by atoms with Crippen molar-refractivity contribution in [1.29, 1.82) is 10.9 Å². The Hall–Kier alpha value is -3.29. The normalized spacial score (nSPS) is 11.3. The number of hydrogen-bond acceptors (Lipinski definition) is 10. The molecule has 0 radical (unpaired) electrons. The minimum absolute atomic E-state index is 0.00781. The van der Waals surface area contributed by atoms with Gasteiger partial charge in [-0.3, -0.25) is 15.0 Å². The van der Waals surface area contributed by atoms with Gasteiger partial charge < -0.3 is 15.2 Å². The van der Waals surface area contributed by atoms with Gasteiger partial charge in [-0.05, 0) is 36.4 Å². The summed E-state index contributed by atoms with van der Waals surface area (Å²) >= 11 is 12.9. The smallest absolute Gasteiger partial charge is 0.407 e. The van der Waals surface area contributed by atoms with Gasteiger partial charge in [-0.15, -0.1) is 0 Å². The fraction of sp³-hybridized carbons (Fsp3) is 0.300. The second kappa shape index (κ2) is 14.2. The maximum atomic E-state index is 12.7. The number of nitrogens with one attached hydrogen (secondary N) is 3. The molecule has 4 N–H and O–H groups in total. The van der Waals surface area contributed by atoms with E-state index in [0.717, 1.165) is 11.8 Å². The number of benzene rings is 1. The first-order chi connectivity index (χ1) is 16.7. The van der Waals surface area contributed by atoms with Crippen LogP contribution < -0.4 is 5.32 Å². The fourth-order valence-electron chi connectivity index (χ4n) is 2.60. The number of amidine groups is 1. The topological polar surface area (TPSA) is 182 Å². The summed E-state index contributed by atoms with van der Waals surface area (Å²) in [5, 5.41) is 23.5. The summed E-state index contributed by atoms with van der Waals surface area (Å²) in [6.07, 6.45) is 2.34. The molecule has 0 bridgehead atoms. The summed E-state index contributed by atoms with van der Waals surface area (Å²) in [5.41, 5.74) is 7.30. The van der Waals surface area contributed by atoms with Gasteiger partial charge in [0.05, 0.1) is 28.0 Å². The maximum Gasteiger partial charge on any atom is 0.407 e. The number of carbonyl (C=O) groups is 3. The van der Waals surface area contributed by atoms with Gasteiger partial charge in [0.15, 0.2) is 11.0 Å². The van der Waals surface area contributed by atoms with Crippen molar-refractivity contribution in [3.63, 3.8) is 0 Å². The summed E-state index contributed by atoms with van der Waals surface area (Å²) in [4.78, 5) is 44.4. The van der Waals surface area contributed by atoms with Crippen molar-refractivity contribution in [2.45, 2.75) is 30.2 Å². The van der Waals surface area contributed by atoms with Gasteiger partial charge in [-0.25, -0.2) is 19.8 Å². The number of aliphatic carboxylic acids is 1.